The molecule has 0 saturated carbocycles. The average molecular weight is 432 g/mol. The van der Waals surface area contributed by atoms with Gasteiger partial charge in [0.25, 0.3) is 10.1 Å². The molecular formula is C22H25NO4S2. The molecule has 1 heterocycles. The van der Waals surface area contributed by atoms with Gasteiger partial charge in [0, 0.05) is 17.4 Å². The molecule has 154 valence electrons. The van der Waals surface area contributed by atoms with Gasteiger partial charge < -0.3 is 10.4 Å². The number of allylic oxidation sites excluding steroid dienone is 10. The van der Waals surface area contributed by atoms with Gasteiger partial charge in [-0.15, -0.1) is 11.8 Å². The molecule has 7 heteroatoms. The molecule has 0 aromatic heterocycles. The van der Waals surface area contributed by atoms with Gasteiger partial charge in [0.15, 0.2) is 0 Å². The highest BCUT2D eigenvalue weighted by Crippen LogP contribution is 2.52. The second-order valence-corrected chi connectivity index (χ2v) is 10.7. The number of aliphatic hydroxyl groups is 1. The molecule has 5 nitrogen and oxygen atoms in total. The third-order valence-electron chi connectivity index (χ3n) is 5.46. The first-order valence-corrected chi connectivity index (χ1v) is 12.3. The van der Waals surface area contributed by atoms with E-state index in [0.717, 1.165) is 6.26 Å². The zero-order valence-corrected chi connectivity index (χ0v) is 18.1. The molecule has 4 rings (SSSR count). The average Bonchev–Trinajstić information content (AvgIpc) is 3.09. The van der Waals surface area contributed by atoms with Crippen molar-refractivity contribution in [2.24, 2.45) is 5.92 Å². The predicted molar refractivity (Wildman–Crippen MR) is 118 cm³/mol. The van der Waals surface area contributed by atoms with E-state index in [4.69, 9.17) is 4.18 Å². The summed E-state index contributed by atoms with van der Waals surface area (Å²) in [5.74, 6) is 0.172. The first kappa shape index (κ1) is 20.6. The number of aliphatic hydroxyl groups excluding tert-OH is 1. The Bertz CT molecular complexity index is 1030. The molecule has 0 amide bonds. The lowest BCUT2D eigenvalue weighted by molar-refractivity contribution is 0.121. The molecule has 0 saturated heterocycles. The highest BCUT2D eigenvalue weighted by Gasteiger charge is 2.35. The van der Waals surface area contributed by atoms with Gasteiger partial charge in [-0.1, -0.05) is 54.7 Å². The van der Waals surface area contributed by atoms with Crippen molar-refractivity contribution in [3.63, 3.8) is 0 Å². The summed E-state index contributed by atoms with van der Waals surface area (Å²) in [5, 5.41) is 13.5. The number of thioether (sulfide) groups is 1. The topological polar surface area (TPSA) is 75.6 Å². The second-order valence-electron chi connectivity index (χ2n) is 7.92. The van der Waals surface area contributed by atoms with Crippen LogP contribution >= 0.6 is 11.8 Å². The minimum atomic E-state index is -3.57. The minimum Gasteiger partial charge on any atom is -0.394 e. The lowest BCUT2D eigenvalue weighted by Gasteiger charge is -2.32. The summed E-state index contributed by atoms with van der Waals surface area (Å²) in [6, 6.07) is 0. The van der Waals surface area contributed by atoms with Gasteiger partial charge >= 0.3 is 0 Å². The molecule has 0 fully saturated rings. The molecule has 3 aliphatic carbocycles. The normalized spacial score (nSPS) is 26.9. The lowest BCUT2D eigenvalue weighted by atomic mass is 9.80. The van der Waals surface area contributed by atoms with Crippen LogP contribution in [-0.4, -0.2) is 50.3 Å². The van der Waals surface area contributed by atoms with Crippen molar-refractivity contribution in [2.45, 2.75) is 17.7 Å². The molecule has 3 unspecified atom stereocenters. The van der Waals surface area contributed by atoms with Crippen molar-refractivity contribution in [2.75, 3.05) is 26.0 Å². The molecule has 0 spiro atoms. The van der Waals surface area contributed by atoms with Crippen LogP contribution in [0.5, 0.6) is 0 Å². The summed E-state index contributed by atoms with van der Waals surface area (Å²) < 4.78 is 27.7. The maximum absolute atomic E-state index is 11.4. The Morgan fingerprint density at radius 1 is 1.17 bits per heavy atom. The third-order valence-corrected chi connectivity index (χ3v) is 7.36. The van der Waals surface area contributed by atoms with Crippen molar-refractivity contribution in [1.29, 1.82) is 0 Å². The van der Waals surface area contributed by atoms with Crippen LogP contribution in [0.15, 0.2) is 81.9 Å². The number of hydrogen-bond acceptors (Lipinski definition) is 6. The first-order chi connectivity index (χ1) is 13.8. The molecule has 1 aliphatic heterocycles. The number of rotatable bonds is 7. The van der Waals surface area contributed by atoms with E-state index in [-0.39, 0.29) is 19.1 Å². The van der Waals surface area contributed by atoms with E-state index in [9.17, 15) is 13.5 Å². The van der Waals surface area contributed by atoms with Crippen molar-refractivity contribution in [3.8, 4) is 0 Å². The van der Waals surface area contributed by atoms with Crippen molar-refractivity contribution >= 4 is 21.9 Å². The Balaban J connectivity index is 1.60. The fraction of sp³-hybridized carbons (Fsp3) is 0.364. The number of hydrogen-bond donors (Lipinski definition) is 2. The Morgan fingerprint density at radius 2 is 1.90 bits per heavy atom. The van der Waals surface area contributed by atoms with Crippen LogP contribution in [0.2, 0.25) is 0 Å². The molecule has 3 atom stereocenters. The number of nitrogens with one attached hydrogen (secondary N) is 1. The molecule has 0 radical (unpaired) electrons. The van der Waals surface area contributed by atoms with Crippen LogP contribution in [-0.2, 0) is 14.3 Å². The van der Waals surface area contributed by atoms with Crippen LogP contribution < -0.4 is 5.32 Å². The molecule has 2 N–H and O–H groups in total. The molecule has 29 heavy (non-hydrogen) atoms. The fourth-order valence-corrected chi connectivity index (χ4v) is 5.65. The van der Waals surface area contributed by atoms with E-state index in [0.29, 0.717) is 11.8 Å². The maximum atomic E-state index is 11.4. The highest BCUT2D eigenvalue weighted by molar-refractivity contribution is 8.04. The zero-order chi connectivity index (χ0) is 20.6. The highest BCUT2D eigenvalue weighted by atomic mass is 32.2. The minimum absolute atomic E-state index is 0.122. The van der Waals surface area contributed by atoms with E-state index in [1.165, 1.54) is 27.2 Å². The van der Waals surface area contributed by atoms with Crippen molar-refractivity contribution in [3.05, 3.63) is 81.9 Å². The quantitative estimate of drug-likeness (QED) is 0.604. The molecule has 0 aromatic rings. The van der Waals surface area contributed by atoms with Gasteiger partial charge in [0.1, 0.15) is 0 Å². The zero-order valence-electron chi connectivity index (χ0n) is 16.5. The van der Waals surface area contributed by atoms with Gasteiger partial charge in [0.2, 0.25) is 0 Å². The standard InChI is InChI=1S/C22H25NO4S2/c1-22(13-24,14-27-29(2,25)26)23-12-15-11-19-17-8-5-6-10-20(17)28-21(19)18-9-4-3-7-16(15)18/h3-11,16,20,23-24H,12-14H2,1-2H3. The fourth-order valence-electron chi connectivity index (χ4n) is 3.79. The Hall–Kier alpha value is -1.64. The molecule has 0 bridgehead atoms. The Morgan fingerprint density at radius 3 is 2.62 bits per heavy atom. The van der Waals surface area contributed by atoms with Gasteiger partial charge in [-0.05, 0) is 29.2 Å². The van der Waals surface area contributed by atoms with Crippen LogP contribution in [0.3, 0.4) is 0 Å². The van der Waals surface area contributed by atoms with Crippen LogP contribution in [0.1, 0.15) is 6.92 Å². The summed E-state index contributed by atoms with van der Waals surface area (Å²) in [6.45, 7) is 1.93. The van der Waals surface area contributed by atoms with E-state index in [2.05, 4.69) is 60.0 Å². The third kappa shape index (κ3) is 4.29. The smallest absolute Gasteiger partial charge is 0.264 e. The Labute approximate surface area is 176 Å². The maximum Gasteiger partial charge on any atom is 0.264 e. The number of fused-ring (bicyclic) bond motifs is 3. The van der Waals surface area contributed by atoms with Crippen LogP contribution in [0, 0.1) is 5.92 Å². The van der Waals surface area contributed by atoms with Crippen LogP contribution in [0.25, 0.3) is 0 Å². The van der Waals surface area contributed by atoms with Gasteiger partial charge in [-0.3, -0.25) is 4.18 Å². The van der Waals surface area contributed by atoms with E-state index in [1.54, 1.807) is 6.92 Å². The van der Waals surface area contributed by atoms with E-state index in [1.807, 2.05) is 11.8 Å². The Kier molecular flexibility index (Phi) is 5.61. The summed E-state index contributed by atoms with van der Waals surface area (Å²) in [5.41, 5.74) is 4.22. The summed E-state index contributed by atoms with van der Waals surface area (Å²) in [4.78, 5) is 1.33. The van der Waals surface area contributed by atoms with Crippen LogP contribution in [0.4, 0.5) is 0 Å². The predicted octanol–water partition coefficient (Wildman–Crippen LogP) is 2.78. The van der Waals surface area contributed by atoms with Crippen molar-refractivity contribution in [1.82, 2.24) is 5.32 Å². The monoisotopic (exact) mass is 431 g/mol. The second kappa shape index (κ2) is 7.89. The van der Waals surface area contributed by atoms with E-state index < -0.39 is 15.7 Å². The SMILES string of the molecule is CC(CO)(COS(C)(=O)=O)NCC1=CC2=C3C=CC=CC3SC2=C2C=CC=CC12. The lowest BCUT2D eigenvalue weighted by Crippen LogP contribution is -2.51. The van der Waals surface area contributed by atoms with Gasteiger partial charge in [-0.2, -0.15) is 8.42 Å². The van der Waals surface area contributed by atoms with E-state index >= 15 is 0 Å². The summed E-state index contributed by atoms with van der Waals surface area (Å²) >= 11 is 1.90. The van der Waals surface area contributed by atoms with Gasteiger partial charge in [-0.25, -0.2) is 0 Å². The molecule has 0 aromatic carbocycles. The largest absolute Gasteiger partial charge is 0.394 e. The van der Waals surface area contributed by atoms with Crippen molar-refractivity contribution < 1.29 is 17.7 Å². The molecule has 4 aliphatic rings. The van der Waals surface area contributed by atoms with Gasteiger partial charge in [0.05, 0.1) is 30.3 Å². The summed E-state index contributed by atoms with van der Waals surface area (Å²) in [7, 11) is -3.57. The first-order valence-electron chi connectivity index (χ1n) is 9.55. The molecular weight excluding hydrogens is 406 g/mol. The summed E-state index contributed by atoms with van der Waals surface area (Å²) in [6.07, 6.45) is 20.4.